The van der Waals surface area contributed by atoms with Crippen molar-refractivity contribution in [1.82, 2.24) is 5.32 Å². The summed E-state index contributed by atoms with van der Waals surface area (Å²) >= 11 is 0. The summed E-state index contributed by atoms with van der Waals surface area (Å²) in [6.45, 7) is 1.33. The number of carbonyl (C=O) groups is 1. The molecule has 3 saturated heterocycles. The normalized spacial score (nSPS) is 29.8. The Morgan fingerprint density at radius 3 is 1.25 bits per heavy atom. The highest BCUT2D eigenvalue weighted by molar-refractivity contribution is 5.76. The van der Waals surface area contributed by atoms with E-state index in [9.17, 15) is 61.0 Å². The van der Waals surface area contributed by atoms with Crippen molar-refractivity contribution < 1.29 is 89.4 Å². The third-order valence-corrected chi connectivity index (χ3v) is 14.7. The highest BCUT2D eigenvalue weighted by atomic mass is 16.8. The van der Waals surface area contributed by atoms with Gasteiger partial charge in [0.1, 0.15) is 73.2 Å². The van der Waals surface area contributed by atoms with E-state index in [2.05, 4.69) is 122 Å². The molecule has 0 aromatic rings. The third-order valence-electron chi connectivity index (χ3n) is 14.7. The topological polar surface area (TPSA) is 307 Å². The monoisotopic (exact) mass is 1200 g/mol. The van der Waals surface area contributed by atoms with Gasteiger partial charge in [-0.15, -0.1) is 0 Å². The van der Waals surface area contributed by atoms with Gasteiger partial charge in [-0.1, -0.05) is 187 Å². The molecule has 3 fully saturated rings. The first-order valence-corrected chi connectivity index (χ1v) is 31.3. The highest BCUT2D eigenvalue weighted by Crippen LogP contribution is 2.33. The molecule has 3 heterocycles. The van der Waals surface area contributed by atoms with Crippen molar-refractivity contribution in [3.05, 3.63) is 122 Å². The Bertz CT molecular complexity index is 2020. The van der Waals surface area contributed by atoms with Gasteiger partial charge < -0.3 is 89.9 Å². The fraction of sp³-hybridized carbons (Fsp3) is 0.682. The van der Waals surface area contributed by atoms with E-state index in [1.807, 2.05) is 6.92 Å². The number of nitrogens with one attached hydrogen (secondary N) is 1. The van der Waals surface area contributed by atoms with Gasteiger partial charge in [0.25, 0.3) is 0 Å². The largest absolute Gasteiger partial charge is 0.394 e. The maximum absolute atomic E-state index is 13.1. The predicted octanol–water partition coefficient (Wildman–Crippen LogP) is 6.48. The van der Waals surface area contributed by atoms with Crippen molar-refractivity contribution in [2.24, 2.45) is 0 Å². The van der Waals surface area contributed by atoms with E-state index < -0.39 is 124 Å². The number of hydrogen-bond acceptors (Lipinski definition) is 18. The molecule has 3 aliphatic rings. The van der Waals surface area contributed by atoms with Gasteiger partial charge in [-0.3, -0.25) is 4.79 Å². The first-order chi connectivity index (χ1) is 41.3. The summed E-state index contributed by atoms with van der Waals surface area (Å²) < 4.78 is 33.9. The molecule has 484 valence electrons. The molecule has 85 heavy (non-hydrogen) atoms. The standard InChI is InChI=1S/C66H107NO18/c1-3-5-7-8-9-10-11-12-13-14-15-16-17-18-19-20-21-22-23-24-25-26-27-28-29-30-31-32-33-34-35-36-37-38-39-40-42-44-54(72)67-49(50(71)43-41-6-4-2)48-80-64-60(78)57(75)62(52(46-69)82-64)85-66-61(79)58(76)63(53(47-70)83-66)84-65-59(77)56(74)55(73)51(45-68)81-65/h5,7,9-10,12-13,15-16,18-19,21-22,24-25,27-28,30-31,41,43,49-53,55-66,68-71,73-79H,3-4,6,8,11,14,17,20,23,26,29,32-40,42,44-48H2,1-2H3,(H,67,72)/b7-5-,10-9-,13-12-,16-15-,19-18-,22-21-,25-24-,28-27-,31-30-,43-41+. The minimum absolute atomic E-state index is 0.225. The van der Waals surface area contributed by atoms with E-state index in [1.165, 1.54) is 25.7 Å². The average Bonchev–Trinajstić information content (AvgIpc) is 3.44. The molecular weight excluding hydrogens is 1090 g/mol. The molecule has 0 bridgehead atoms. The third kappa shape index (κ3) is 30.3. The van der Waals surface area contributed by atoms with E-state index >= 15 is 0 Å². The minimum Gasteiger partial charge on any atom is -0.394 e. The molecule has 19 nitrogen and oxygen atoms in total. The maximum Gasteiger partial charge on any atom is 0.220 e. The van der Waals surface area contributed by atoms with Crippen LogP contribution in [0.4, 0.5) is 0 Å². The van der Waals surface area contributed by atoms with Gasteiger partial charge in [0, 0.05) is 6.42 Å². The second-order valence-electron chi connectivity index (χ2n) is 21.8. The lowest BCUT2D eigenvalue weighted by atomic mass is 9.96. The van der Waals surface area contributed by atoms with Crippen molar-refractivity contribution in [2.45, 2.75) is 259 Å². The van der Waals surface area contributed by atoms with Crippen molar-refractivity contribution in [2.75, 3.05) is 26.4 Å². The van der Waals surface area contributed by atoms with Crippen LogP contribution in [0.25, 0.3) is 0 Å². The van der Waals surface area contributed by atoms with Crippen molar-refractivity contribution in [3.63, 3.8) is 0 Å². The molecule has 0 spiro atoms. The highest BCUT2D eigenvalue weighted by Gasteiger charge is 2.53. The summed E-state index contributed by atoms with van der Waals surface area (Å²) in [5.74, 6) is -0.302. The number of amides is 1. The average molecular weight is 1200 g/mol. The zero-order valence-electron chi connectivity index (χ0n) is 50.5. The molecular formula is C66H107NO18. The second kappa shape index (κ2) is 47.2. The lowest BCUT2D eigenvalue weighted by Crippen LogP contribution is -2.66. The molecule has 0 aliphatic carbocycles. The lowest BCUT2D eigenvalue weighted by Gasteiger charge is -2.48. The van der Waals surface area contributed by atoms with Crippen molar-refractivity contribution >= 4 is 5.91 Å². The molecule has 0 aromatic carbocycles. The number of aliphatic hydroxyl groups excluding tert-OH is 11. The van der Waals surface area contributed by atoms with Crippen LogP contribution in [0.1, 0.15) is 155 Å². The Labute approximate surface area is 506 Å². The number of allylic oxidation sites excluding steroid dienone is 19. The molecule has 3 rings (SSSR count). The Morgan fingerprint density at radius 2 is 0.812 bits per heavy atom. The number of hydrogen-bond donors (Lipinski definition) is 12. The first-order valence-electron chi connectivity index (χ1n) is 31.3. The van der Waals surface area contributed by atoms with Crippen LogP contribution in [0.15, 0.2) is 122 Å². The van der Waals surface area contributed by atoms with Crippen LogP contribution in [0.3, 0.4) is 0 Å². The molecule has 0 radical (unpaired) electrons. The zero-order chi connectivity index (χ0) is 61.9. The fourth-order valence-electron chi connectivity index (χ4n) is 9.66. The van der Waals surface area contributed by atoms with E-state index in [4.69, 9.17) is 28.4 Å². The second-order valence-corrected chi connectivity index (χ2v) is 21.8. The fourth-order valence-corrected chi connectivity index (χ4v) is 9.66. The Kier molecular flexibility index (Phi) is 41.9. The molecule has 17 atom stereocenters. The van der Waals surface area contributed by atoms with Crippen LogP contribution in [-0.2, 0) is 33.2 Å². The summed E-state index contributed by atoms with van der Waals surface area (Å²) in [4.78, 5) is 13.1. The summed E-state index contributed by atoms with van der Waals surface area (Å²) in [5, 5.41) is 119. The van der Waals surface area contributed by atoms with Crippen LogP contribution < -0.4 is 5.32 Å². The number of aliphatic hydroxyl groups is 11. The van der Waals surface area contributed by atoms with Gasteiger partial charge in [0.15, 0.2) is 18.9 Å². The maximum atomic E-state index is 13.1. The smallest absolute Gasteiger partial charge is 0.220 e. The van der Waals surface area contributed by atoms with E-state index in [0.717, 1.165) is 96.3 Å². The predicted molar refractivity (Wildman–Crippen MR) is 327 cm³/mol. The quantitative estimate of drug-likeness (QED) is 0.0229. The van der Waals surface area contributed by atoms with E-state index in [-0.39, 0.29) is 18.9 Å². The molecule has 17 unspecified atom stereocenters. The SMILES string of the molecule is CC/C=C\C/C=C\C/C=C\C/C=C\C/C=C\C/C=C\C/C=C\C/C=C\C/C=C\CCCCCCCCCCCC(=O)NC(COC1OC(CO)C(OC2OC(CO)C(OC3OC(CO)C(O)C(O)C3O)C(O)C2O)C(O)C1O)C(O)/C=C/CCC. The van der Waals surface area contributed by atoms with E-state index in [0.29, 0.717) is 12.8 Å². The summed E-state index contributed by atoms with van der Waals surface area (Å²) in [5.41, 5.74) is 0. The summed E-state index contributed by atoms with van der Waals surface area (Å²) in [6.07, 6.45) is 37.6. The van der Waals surface area contributed by atoms with Gasteiger partial charge >= 0.3 is 0 Å². The van der Waals surface area contributed by atoms with E-state index in [1.54, 1.807) is 12.2 Å². The minimum atomic E-state index is -1.98. The first kappa shape index (κ1) is 75.4. The van der Waals surface area contributed by atoms with Gasteiger partial charge in [-0.05, 0) is 83.5 Å². The molecule has 0 aromatic heterocycles. The number of rotatable bonds is 44. The van der Waals surface area contributed by atoms with Gasteiger partial charge in [0.2, 0.25) is 5.91 Å². The molecule has 0 saturated carbocycles. The van der Waals surface area contributed by atoms with Crippen LogP contribution in [0.5, 0.6) is 0 Å². The molecule has 19 heteroatoms. The van der Waals surface area contributed by atoms with Crippen LogP contribution in [0, 0.1) is 0 Å². The number of carbonyl (C=O) groups excluding carboxylic acids is 1. The molecule has 3 aliphatic heterocycles. The molecule has 1 amide bonds. The number of ether oxygens (including phenoxy) is 6. The molecule has 12 N–H and O–H groups in total. The van der Waals surface area contributed by atoms with Crippen molar-refractivity contribution in [3.8, 4) is 0 Å². The van der Waals surface area contributed by atoms with Crippen molar-refractivity contribution in [1.29, 1.82) is 0 Å². The van der Waals surface area contributed by atoms with Crippen LogP contribution in [0.2, 0.25) is 0 Å². The van der Waals surface area contributed by atoms with Gasteiger partial charge in [-0.2, -0.15) is 0 Å². The summed E-state index contributed by atoms with van der Waals surface area (Å²) in [7, 11) is 0. The van der Waals surface area contributed by atoms with Crippen LogP contribution in [-0.4, -0.2) is 193 Å². The Balaban J connectivity index is 1.26. The summed E-state index contributed by atoms with van der Waals surface area (Å²) in [6, 6.07) is -0.980. The van der Waals surface area contributed by atoms with Gasteiger partial charge in [-0.25, -0.2) is 0 Å². The Hall–Kier alpha value is -3.81. The zero-order valence-corrected chi connectivity index (χ0v) is 50.5. The lowest BCUT2D eigenvalue weighted by molar-refractivity contribution is -0.379. The van der Waals surface area contributed by atoms with Crippen LogP contribution >= 0.6 is 0 Å². The Morgan fingerprint density at radius 1 is 0.435 bits per heavy atom. The van der Waals surface area contributed by atoms with Gasteiger partial charge in [0.05, 0.1) is 38.6 Å². The number of unbranched alkanes of at least 4 members (excludes halogenated alkanes) is 10.